The zero-order valence-corrected chi connectivity index (χ0v) is 18.8. The maximum absolute atomic E-state index is 12.7. The molecule has 33 heavy (non-hydrogen) atoms. The van der Waals surface area contributed by atoms with E-state index in [1.165, 1.54) is 0 Å². The Balaban J connectivity index is 1.36. The summed E-state index contributed by atoms with van der Waals surface area (Å²) in [5, 5.41) is 6.42. The number of carbonyl (C=O) groups is 2. The van der Waals surface area contributed by atoms with E-state index in [4.69, 9.17) is 21.1 Å². The number of benzene rings is 3. The summed E-state index contributed by atoms with van der Waals surface area (Å²) in [6.07, 6.45) is 0.721. The van der Waals surface area contributed by atoms with Gasteiger partial charge >= 0.3 is 0 Å². The van der Waals surface area contributed by atoms with Gasteiger partial charge < -0.3 is 20.1 Å². The summed E-state index contributed by atoms with van der Waals surface area (Å²) < 4.78 is 11.2. The fourth-order valence-electron chi connectivity index (χ4n) is 3.68. The SMILES string of the molecule is O=C(CC(NC(=O)c1ccccc1)c1ccccc1)NCCc1cc(Cl)c2c(c1)OCCO2. The van der Waals surface area contributed by atoms with E-state index in [1.54, 1.807) is 12.1 Å². The molecule has 0 aromatic heterocycles. The summed E-state index contributed by atoms with van der Waals surface area (Å²) in [4.78, 5) is 25.4. The third kappa shape index (κ3) is 6.05. The molecule has 6 nitrogen and oxygen atoms in total. The highest BCUT2D eigenvalue weighted by Crippen LogP contribution is 2.38. The largest absolute Gasteiger partial charge is 0.486 e. The van der Waals surface area contributed by atoms with Gasteiger partial charge in [0.2, 0.25) is 5.91 Å². The van der Waals surface area contributed by atoms with Crippen molar-refractivity contribution in [2.75, 3.05) is 19.8 Å². The molecule has 0 spiro atoms. The molecule has 0 radical (unpaired) electrons. The lowest BCUT2D eigenvalue weighted by atomic mass is 10.0. The van der Waals surface area contributed by atoms with Crippen molar-refractivity contribution in [2.24, 2.45) is 0 Å². The molecule has 3 aromatic rings. The second-order valence-corrected chi connectivity index (χ2v) is 8.12. The van der Waals surface area contributed by atoms with Gasteiger partial charge in [0.1, 0.15) is 13.2 Å². The second kappa shape index (κ2) is 10.9. The molecule has 0 fully saturated rings. The Labute approximate surface area is 197 Å². The first kappa shape index (κ1) is 22.7. The summed E-state index contributed by atoms with van der Waals surface area (Å²) in [6.45, 7) is 1.40. The van der Waals surface area contributed by atoms with Crippen LogP contribution in [0.4, 0.5) is 0 Å². The third-order valence-corrected chi connectivity index (χ3v) is 5.61. The van der Waals surface area contributed by atoms with Crippen LogP contribution in [0.25, 0.3) is 0 Å². The molecule has 0 bridgehead atoms. The highest BCUT2D eigenvalue weighted by Gasteiger charge is 2.20. The molecule has 1 heterocycles. The van der Waals surface area contributed by atoms with Crippen LogP contribution in [0.3, 0.4) is 0 Å². The molecule has 4 rings (SSSR count). The van der Waals surface area contributed by atoms with E-state index < -0.39 is 6.04 Å². The Morgan fingerprint density at radius 2 is 1.64 bits per heavy atom. The Morgan fingerprint density at radius 3 is 2.39 bits per heavy atom. The van der Waals surface area contributed by atoms with Crippen LogP contribution in [0.15, 0.2) is 72.8 Å². The number of nitrogens with one attached hydrogen (secondary N) is 2. The lowest BCUT2D eigenvalue weighted by Crippen LogP contribution is -2.34. The van der Waals surface area contributed by atoms with Crippen LogP contribution in [0, 0.1) is 0 Å². The van der Waals surface area contributed by atoms with E-state index in [0.29, 0.717) is 48.3 Å². The molecule has 0 saturated carbocycles. The number of fused-ring (bicyclic) bond motifs is 1. The number of hydrogen-bond donors (Lipinski definition) is 2. The Morgan fingerprint density at radius 1 is 0.939 bits per heavy atom. The molecule has 7 heteroatoms. The average molecular weight is 465 g/mol. The predicted molar refractivity (Wildman–Crippen MR) is 127 cm³/mol. The van der Waals surface area contributed by atoms with Gasteiger partial charge in [-0.15, -0.1) is 0 Å². The van der Waals surface area contributed by atoms with Crippen molar-refractivity contribution in [3.8, 4) is 11.5 Å². The van der Waals surface area contributed by atoms with Crippen LogP contribution < -0.4 is 20.1 Å². The van der Waals surface area contributed by atoms with Crippen molar-refractivity contribution in [1.29, 1.82) is 0 Å². The van der Waals surface area contributed by atoms with Gasteiger partial charge in [-0.3, -0.25) is 9.59 Å². The van der Waals surface area contributed by atoms with Gasteiger partial charge in [0, 0.05) is 12.1 Å². The third-order valence-electron chi connectivity index (χ3n) is 5.33. The van der Waals surface area contributed by atoms with Gasteiger partial charge in [-0.2, -0.15) is 0 Å². The zero-order chi connectivity index (χ0) is 23.0. The fraction of sp³-hybridized carbons (Fsp3) is 0.231. The highest BCUT2D eigenvalue weighted by atomic mass is 35.5. The van der Waals surface area contributed by atoms with Crippen LogP contribution >= 0.6 is 11.6 Å². The molecule has 1 aliphatic rings. The highest BCUT2D eigenvalue weighted by molar-refractivity contribution is 6.32. The Hall–Kier alpha value is -3.51. The first-order valence-electron chi connectivity index (χ1n) is 10.9. The second-order valence-electron chi connectivity index (χ2n) is 7.71. The maximum atomic E-state index is 12.7. The Kier molecular flexibility index (Phi) is 7.47. The molecule has 1 atom stereocenters. The van der Waals surface area contributed by atoms with Gasteiger partial charge in [-0.1, -0.05) is 60.1 Å². The van der Waals surface area contributed by atoms with Crippen molar-refractivity contribution >= 4 is 23.4 Å². The number of hydrogen-bond acceptors (Lipinski definition) is 4. The molecule has 1 aliphatic heterocycles. The minimum absolute atomic E-state index is 0.129. The summed E-state index contributed by atoms with van der Waals surface area (Å²) >= 11 is 6.29. The fourth-order valence-corrected chi connectivity index (χ4v) is 3.97. The number of ether oxygens (including phenoxy) is 2. The van der Waals surface area contributed by atoms with E-state index >= 15 is 0 Å². The van der Waals surface area contributed by atoms with Crippen LogP contribution in [-0.2, 0) is 11.2 Å². The van der Waals surface area contributed by atoms with Crippen LogP contribution in [0.1, 0.15) is 33.9 Å². The molecule has 2 amide bonds. The van der Waals surface area contributed by atoms with Gasteiger partial charge in [0.05, 0.1) is 17.5 Å². The van der Waals surface area contributed by atoms with Crippen molar-refractivity contribution in [1.82, 2.24) is 10.6 Å². The molecule has 170 valence electrons. The maximum Gasteiger partial charge on any atom is 0.251 e. The van der Waals surface area contributed by atoms with Crippen molar-refractivity contribution < 1.29 is 19.1 Å². The molecular formula is C26H25ClN2O4. The van der Waals surface area contributed by atoms with Crippen LogP contribution in [0.5, 0.6) is 11.5 Å². The van der Waals surface area contributed by atoms with E-state index in [0.717, 1.165) is 11.1 Å². The topological polar surface area (TPSA) is 76.7 Å². The van der Waals surface area contributed by atoms with Gasteiger partial charge in [0.25, 0.3) is 5.91 Å². The zero-order valence-electron chi connectivity index (χ0n) is 18.1. The van der Waals surface area contributed by atoms with Crippen molar-refractivity contribution in [3.63, 3.8) is 0 Å². The van der Waals surface area contributed by atoms with Crippen molar-refractivity contribution in [2.45, 2.75) is 18.9 Å². The minimum atomic E-state index is -0.442. The van der Waals surface area contributed by atoms with Gasteiger partial charge in [0.15, 0.2) is 11.5 Å². The summed E-state index contributed by atoms with van der Waals surface area (Å²) in [5.41, 5.74) is 2.37. The normalized spacial score (nSPS) is 13.1. The number of amides is 2. The number of rotatable bonds is 8. The van der Waals surface area contributed by atoms with Crippen molar-refractivity contribution in [3.05, 3.63) is 94.5 Å². The molecule has 0 aliphatic carbocycles. The number of carbonyl (C=O) groups excluding carboxylic acids is 2. The lowest BCUT2D eigenvalue weighted by Gasteiger charge is -2.20. The molecular weight excluding hydrogens is 440 g/mol. The first-order valence-corrected chi connectivity index (χ1v) is 11.2. The molecule has 2 N–H and O–H groups in total. The molecule has 3 aromatic carbocycles. The van der Waals surface area contributed by atoms with Crippen LogP contribution in [0.2, 0.25) is 5.02 Å². The van der Waals surface area contributed by atoms with E-state index in [1.807, 2.05) is 60.7 Å². The quantitative estimate of drug-likeness (QED) is 0.520. The Bertz CT molecular complexity index is 1110. The van der Waals surface area contributed by atoms with Gasteiger partial charge in [-0.25, -0.2) is 0 Å². The number of halogens is 1. The standard InChI is InChI=1S/C26H25ClN2O4/c27-21-15-18(16-23-25(21)33-14-13-32-23)11-12-28-24(30)17-22(19-7-3-1-4-8-19)29-26(31)20-9-5-2-6-10-20/h1-10,15-16,22H,11-14,17H2,(H,28,30)(H,29,31). The van der Waals surface area contributed by atoms with Crippen LogP contribution in [-0.4, -0.2) is 31.6 Å². The molecule has 0 saturated heterocycles. The predicted octanol–water partition coefficient (Wildman–Crippen LogP) is 4.33. The van der Waals surface area contributed by atoms with E-state index in [-0.39, 0.29) is 18.2 Å². The average Bonchev–Trinajstić information content (AvgIpc) is 2.85. The summed E-state index contributed by atoms with van der Waals surface area (Å²) in [7, 11) is 0. The van der Waals surface area contributed by atoms with E-state index in [2.05, 4.69) is 10.6 Å². The smallest absolute Gasteiger partial charge is 0.251 e. The summed E-state index contributed by atoms with van der Waals surface area (Å²) in [5.74, 6) is 0.822. The lowest BCUT2D eigenvalue weighted by molar-refractivity contribution is -0.121. The first-order chi connectivity index (χ1) is 16.1. The summed E-state index contributed by atoms with van der Waals surface area (Å²) in [6, 6.07) is 21.7. The van der Waals surface area contributed by atoms with Gasteiger partial charge in [-0.05, 0) is 41.8 Å². The minimum Gasteiger partial charge on any atom is -0.486 e. The monoisotopic (exact) mass is 464 g/mol. The van der Waals surface area contributed by atoms with E-state index in [9.17, 15) is 9.59 Å². The molecule has 1 unspecified atom stereocenters.